The fraction of sp³-hybridized carbons (Fsp3) is 0.444. The molecule has 2 saturated heterocycles. The molecule has 174 valence electrons. The summed E-state index contributed by atoms with van der Waals surface area (Å²) in [5.74, 6) is 0.934. The van der Waals surface area contributed by atoms with Gasteiger partial charge in [0.2, 0.25) is 0 Å². The van der Waals surface area contributed by atoms with Crippen LogP contribution in [0.4, 0.5) is 0 Å². The second-order valence-electron chi connectivity index (χ2n) is 9.36. The van der Waals surface area contributed by atoms with Crippen LogP contribution in [0, 0.1) is 6.92 Å². The molecule has 5 nitrogen and oxygen atoms in total. The highest BCUT2D eigenvalue weighted by Gasteiger charge is 2.53. The van der Waals surface area contributed by atoms with Crippen LogP contribution in [-0.2, 0) is 16.8 Å². The number of benzene rings is 2. The molecule has 33 heavy (non-hydrogen) atoms. The highest BCUT2D eigenvalue weighted by atomic mass is 35.5. The van der Waals surface area contributed by atoms with Crippen molar-refractivity contribution in [1.29, 1.82) is 0 Å². The summed E-state index contributed by atoms with van der Waals surface area (Å²) in [4.78, 5) is 17.7. The summed E-state index contributed by atoms with van der Waals surface area (Å²) in [7, 11) is 1.75. The number of H-pyrrole nitrogens is 1. The van der Waals surface area contributed by atoms with E-state index in [2.05, 4.69) is 48.0 Å². The number of rotatable bonds is 7. The molecule has 5 rings (SSSR count). The van der Waals surface area contributed by atoms with Crippen LogP contribution in [0.1, 0.15) is 59.7 Å². The first-order valence-corrected chi connectivity index (χ1v) is 12.2. The Balaban J connectivity index is 1.59. The molecule has 0 saturated carbocycles. The number of fused-ring (bicyclic) bond motifs is 3. The van der Waals surface area contributed by atoms with Gasteiger partial charge in [-0.05, 0) is 86.5 Å². The number of methoxy groups -OCH3 is 1. The molecule has 0 radical (unpaired) electrons. The van der Waals surface area contributed by atoms with E-state index in [0.29, 0.717) is 11.6 Å². The predicted molar refractivity (Wildman–Crippen MR) is 131 cm³/mol. The molecule has 3 atom stereocenters. The van der Waals surface area contributed by atoms with Crippen LogP contribution in [0.2, 0.25) is 0 Å². The monoisotopic (exact) mass is 466 g/mol. The van der Waals surface area contributed by atoms with Gasteiger partial charge in [-0.3, -0.25) is 9.69 Å². The van der Waals surface area contributed by atoms with Gasteiger partial charge in [0.15, 0.2) is 0 Å². The summed E-state index contributed by atoms with van der Waals surface area (Å²) in [6.07, 6.45) is 6.42. The van der Waals surface area contributed by atoms with E-state index in [-0.39, 0.29) is 11.6 Å². The van der Waals surface area contributed by atoms with E-state index in [0.717, 1.165) is 44.6 Å². The van der Waals surface area contributed by atoms with Crippen molar-refractivity contribution in [2.45, 2.75) is 63.8 Å². The number of piperidine rings is 1. The summed E-state index contributed by atoms with van der Waals surface area (Å²) < 4.78 is 12.0. The van der Waals surface area contributed by atoms with Crippen LogP contribution in [0.3, 0.4) is 0 Å². The minimum absolute atomic E-state index is 0.144. The van der Waals surface area contributed by atoms with Gasteiger partial charge < -0.3 is 14.5 Å². The van der Waals surface area contributed by atoms with E-state index >= 15 is 0 Å². The first-order chi connectivity index (χ1) is 16.0. The van der Waals surface area contributed by atoms with Crippen LogP contribution in [0.5, 0.6) is 5.75 Å². The molecule has 6 heteroatoms. The number of hydrogen-bond acceptors (Lipinski definition) is 4. The fourth-order valence-corrected chi connectivity index (χ4v) is 6.34. The van der Waals surface area contributed by atoms with Crippen LogP contribution < -0.4 is 4.74 Å². The summed E-state index contributed by atoms with van der Waals surface area (Å²) in [6, 6.07) is 12.6. The number of ether oxygens (including phenoxy) is 2. The summed E-state index contributed by atoms with van der Waals surface area (Å²) >= 11 is 5.72. The van der Waals surface area contributed by atoms with Crippen LogP contribution in [-0.4, -0.2) is 41.0 Å². The molecule has 0 amide bonds. The van der Waals surface area contributed by atoms with E-state index in [1.165, 1.54) is 27.6 Å². The molecule has 3 aromatic rings. The average Bonchev–Trinajstić information content (AvgIpc) is 3.38. The predicted octanol–water partition coefficient (Wildman–Crippen LogP) is 5.92. The molecule has 2 bridgehead atoms. The number of halogens is 1. The highest BCUT2D eigenvalue weighted by molar-refractivity contribution is 6.67. The van der Waals surface area contributed by atoms with Gasteiger partial charge in [-0.15, -0.1) is 0 Å². The van der Waals surface area contributed by atoms with Crippen molar-refractivity contribution in [3.63, 3.8) is 0 Å². The molecule has 2 aromatic carbocycles. The van der Waals surface area contributed by atoms with Crippen molar-refractivity contribution in [3.05, 3.63) is 64.8 Å². The van der Waals surface area contributed by atoms with Crippen LogP contribution >= 0.6 is 11.6 Å². The standard InChI is InChI=1S/C27H31ClN2O3/c1-4-33-21-14-20-9-11-27(15-21,19-7-5-18(6-8-19)26(28)31)30(20)16-23-22-10-12-29-25(22)17(2)13-24(23)32-3/h5-8,10,12-13,20-21,29H,4,9,11,14-16H2,1-3H3/t20-,21+,27+/m1/s1. The minimum Gasteiger partial charge on any atom is -0.496 e. The molecule has 0 unspecified atom stereocenters. The Morgan fingerprint density at radius 3 is 2.76 bits per heavy atom. The number of aromatic nitrogens is 1. The smallest absolute Gasteiger partial charge is 0.252 e. The summed E-state index contributed by atoms with van der Waals surface area (Å²) in [5, 5.41) is 0.798. The third kappa shape index (κ3) is 3.76. The molecule has 2 fully saturated rings. The lowest BCUT2D eigenvalue weighted by molar-refractivity contribution is -0.0593. The van der Waals surface area contributed by atoms with Crippen LogP contribution in [0.25, 0.3) is 10.9 Å². The minimum atomic E-state index is -0.421. The van der Waals surface area contributed by atoms with Crippen molar-refractivity contribution in [2.75, 3.05) is 13.7 Å². The SMILES string of the molecule is CCO[C@H]1C[C@H]2CC[C@@](c3ccc(C(=O)Cl)cc3)(C1)N2Cc1c(OC)cc(C)c2[nH]ccc12. The molecule has 1 N–H and O–H groups in total. The first kappa shape index (κ1) is 22.5. The third-order valence-corrected chi connectivity index (χ3v) is 7.91. The number of carbonyl (C=O) groups excluding carboxylic acids is 1. The van der Waals surface area contributed by atoms with Crippen molar-refractivity contribution in [1.82, 2.24) is 9.88 Å². The van der Waals surface area contributed by atoms with Crippen molar-refractivity contribution < 1.29 is 14.3 Å². The molecule has 0 spiro atoms. The van der Waals surface area contributed by atoms with Gasteiger partial charge >= 0.3 is 0 Å². The molecule has 3 heterocycles. The largest absolute Gasteiger partial charge is 0.496 e. The van der Waals surface area contributed by atoms with E-state index in [1.807, 2.05) is 18.3 Å². The van der Waals surface area contributed by atoms with E-state index in [4.69, 9.17) is 21.1 Å². The van der Waals surface area contributed by atoms with Gasteiger partial charge in [-0.25, -0.2) is 0 Å². The van der Waals surface area contributed by atoms with Gasteiger partial charge in [-0.1, -0.05) is 12.1 Å². The lowest BCUT2D eigenvalue weighted by Crippen LogP contribution is -2.52. The van der Waals surface area contributed by atoms with Gasteiger partial charge in [0.1, 0.15) is 5.75 Å². The van der Waals surface area contributed by atoms with Crippen LogP contribution in [0.15, 0.2) is 42.6 Å². The Bertz CT molecular complexity index is 1170. The van der Waals surface area contributed by atoms with Crippen molar-refractivity contribution >= 4 is 27.7 Å². The van der Waals surface area contributed by atoms with Gasteiger partial charge in [-0.2, -0.15) is 0 Å². The van der Waals surface area contributed by atoms with Gasteiger partial charge in [0.25, 0.3) is 5.24 Å². The maximum atomic E-state index is 11.6. The average molecular weight is 467 g/mol. The Morgan fingerprint density at radius 1 is 1.27 bits per heavy atom. The lowest BCUT2D eigenvalue weighted by Gasteiger charge is -2.48. The maximum absolute atomic E-state index is 11.6. The molecule has 0 aliphatic carbocycles. The molecule has 1 aromatic heterocycles. The zero-order chi connectivity index (χ0) is 23.2. The number of hydrogen-bond donors (Lipinski definition) is 1. The Morgan fingerprint density at radius 2 is 2.06 bits per heavy atom. The fourth-order valence-electron chi connectivity index (χ4n) is 6.22. The highest BCUT2D eigenvalue weighted by Crippen LogP contribution is 2.52. The lowest BCUT2D eigenvalue weighted by atomic mass is 9.79. The molecule has 2 aliphatic heterocycles. The third-order valence-electron chi connectivity index (χ3n) is 7.69. The first-order valence-electron chi connectivity index (χ1n) is 11.8. The van der Waals surface area contributed by atoms with Gasteiger partial charge in [0.05, 0.1) is 13.2 Å². The zero-order valence-electron chi connectivity index (χ0n) is 19.5. The van der Waals surface area contributed by atoms with E-state index < -0.39 is 5.24 Å². The number of carbonyl (C=O) groups is 1. The van der Waals surface area contributed by atoms with E-state index in [1.54, 1.807) is 7.11 Å². The summed E-state index contributed by atoms with van der Waals surface area (Å²) in [6.45, 7) is 5.71. The molecule has 2 aliphatic rings. The zero-order valence-corrected chi connectivity index (χ0v) is 20.2. The summed E-state index contributed by atoms with van der Waals surface area (Å²) in [5.41, 5.74) is 5.19. The molecular formula is C27H31ClN2O3. The Kier molecular flexibility index (Phi) is 5.98. The number of nitrogens with one attached hydrogen (secondary N) is 1. The topological polar surface area (TPSA) is 54.6 Å². The maximum Gasteiger partial charge on any atom is 0.252 e. The van der Waals surface area contributed by atoms with Crippen molar-refractivity contribution in [3.8, 4) is 5.75 Å². The normalized spacial score (nSPS) is 25.0. The second-order valence-corrected chi connectivity index (χ2v) is 9.70. The quantitative estimate of drug-likeness (QED) is 0.439. The number of nitrogens with zero attached hydrogens (tertiary/aromatic N) is 1. The van der Waals surface area contributed by atoms with E-state index in [9.17, 15) is 4.79 Å². The Labute approximate surface area is 200 Å². The second kappa shape index (κ2) is 8.79. The molecular weight excluding hydrogens is 436 g/mol. The van der Waals surface area contributed by atoms with Crippen molar-refractivity contribution in [2.24, 2.45) is 0 Å². The van der Waals surface area contributed by atoms with Gasteiger partial charge in [0, 0.05) is 53.0 Å². The Hall–Kier alpha value is -2.34. The number of aryl methyl sites for hydroxylation is 1. The number of aromatic amines is 1.